The molecular formula is C10H15N3OS. The van der Waals surface area contributed by atoms with Gasteiger partial charge < -0.3 is 5.73 Å². The molecule has 0 spiro atoms. The predicted molar refractivity (Wildman–Crippen MR) is 62.5 cm³/mol. The van der Waals surface area contributed by atoms with Gasteiger partial charge in [0, 0.05) is 19.3 Å². The minimum atomic E-state index is -0.490. The first-order valence-corrected chi connectivity index (χ1v) is 5.25. The van der Waals surface area contributed by atoms with Crippen molar-refractivity contribution in [2.75, 3.05) is 13.1 Å². The summed E-state index contributed by atoms with van der Waals surface area (Å²) in [6.45, 7) is 2.37. The third kappa shape index (κ3) is 4.80. The number of carbonyl (C=O) groups is 1. The second-order valence-electron chi connectivity index (χ2n) is 3.24. The molecule has 1 fully saturated rings. The number of aromatic nitrogens is 1. The largest absolute Gasteiger partial charge is 0.364 e. The molecule has 1 aliphatic heterocycles. The molecule has 2 heterocycles. The summed E-state index contributed by atoms with van der Waals surface area (Å²) in [6.07, 6.45) is 4.20. The number of hydrogen-bond donors (Lipinski definition) is 2. The van der Waals surface area contributed by atoms with Crippen LogP contribution in [0.5, 0.6) is 0 Å². The second kappa shape index (κ2) is 6.42. The summed E-state index contributed by atoms with van der Waals surface area (Å²) in [4.78, 5) is 14.1. The van der Waals surface area contributed by atoms with Crippen LogP contribution in [0, 0.1) is 0 Å². The average Bonchev–Trinajstić information content (AvgIpc) is 2.71. The number of primary amides is 1. The number of carbonyl (C=O) groups excluding carboxylic acids is 1. The number of rotatable bonds is 1. The van der Waals surface area contributed by atoms with Crippen LogP contribution in [0.1, 0.15) is 23.3 Å². The highest BCUT2D eigenvalue weighted by atomic mass is 32.1. The second-order valence-corrected chi connectivity index (χ2v) is 3.81. The van der Waals surface area contributed by atoms with Gasteiger partial charge in [-0.25, -0.2) is 0 Å². The number of thiol groups is 1. The molecule has 1 amide bonds. The highest BCUT2D eigenvalue weighted by Gasteiger charge is 2.04. The van der Waals surface area contributed by atoms with Crippen LogP contribution in [0.15, 0.2) is 24.4 Å². The van der Waals surface area contributed by atoms with Gasteiger partial charge in [-0.2, -0.15) is 0 Å². The Kier molecular flexibility index (Phi) is 5.14. The van der Waals surface area contributed by atoms with E-state index in [0.717, 1.165) is 0 Å². The molecule has 15 heavy (non-hydrogen) atoms. The van der Waals surface area contributed by atoms with Gasteiger partial charge in [0.15, 0.2) is 0 Å². The molecule has 4 nitrogen and oxygen atoms in total. The predicted octanol–water partition coefficient (Wildman–Crippen LogP) is 1.11. The highest BCUT2D eigenvalue weighted by Crippen LogP contribution is 2.07. The van der Waals surface area contributed by atoms with Crippen molar-refractivity contribution in [2.45, 2.75) is 12.8 Å². The van der Waals surface area contributed by atoms with Gasteiger partial charge in [-0.1, -0.05) is 18.9 Å². The van der Waals surface area contributed by atoms with Crippen molar-refractivity contribution < 1.29 is 4.79 Å². The zero-order valence-corrected chi connectivity index (χ0v) is 9.36. The van der Waals surface area contributed by atoms with Gasteiger partial charge in [0.05, 0.1) is 0 Å². The van der Waals surface area contributed by atoms with Crippen LogP contribution in [0.4, 0.5) is 0 Å². The van der Waals surface area contributed by atoms with Crippen molar-refractivity contribution in [3.8, 4) is 0 Å². The summed E-state index contributed by atoms with van der Waals surface area (Å²) in [6, 6.07) is 5.02. The fourth-order valence-corrected chi connectivity index (χ4v) is 1.49. The zero-order chi connectivity index (χ0) is 11.1. The number of pyridine rings is 1. The van der Waals surface area contributed by atoms with Gasteiger partial charge in [0.25, 0.3) is 5.91 Å². The summed E-state index contributed by atoms with van der Waals surface area (Å²) in [7, 11) is 0. The van der Waals surface area contributed by atoms with Crippen molar-refractivity contribution in [3.63, 3.8) is 0 Å². The third-order valence-electron chi connectivity index (χ3n) is 2.00. The Bertz CT molecular complexity index is 299. The summed E-state index contributed by atoms with van der Waals surface area (Å²) in [5.74, 6) is -0.490. The molecule has 0 unspecified atom stereocenters. The number of amides is 1. The Labute approximate surface area is 95.0 Å². The molecule has 0 radical (unpaired) electrons. The van der Waals surface area contributed by atoms with Crippen LogP contribution in [0.25, 0.3) is 0 Å². The lowest BCUT2D eigenvalue weighted by Gasteiger charge is -1.99. The van der Waals surface area contributed by atoms with Gasteiger partial charge in [0.1, 0.15) is 5.69 Å². The molecule has 0 aliphatic carbocycles. The van der Waals surface area contributed by atoms with Crippen LogP contribution < -0.4 is 5.73 Å². The molecular weight excluding hydrogens is 210 g/mol. The Morgan fingerprint density at radius 1 is 1.40 bits per heavy atom. The van der Waals surface area contributed by atoms with Gasteiger partial charge in [-0.05, 0) is 25.0 Å². The Morgan fingerprint density at radius 2 is 2.07 bits per heavy atom. The maximum Gasteiger partial charge on any atom is 0.267 e. The molecule has 2 rings (SSSR count). The van der Waals surface area contributed by atoms with E-state index in [-0.39, 0.29) is 0 Å². The van der Waals surface area contributed by atoms with E-state index in [2.05, 4.69) is 22.1 Å². The summed E-state index contributed by atoms with van der Waals surface area (Å²) < 4.78 is 2.06. The van der Waals surface area contributed by atoms with Crippen LogP contribution in [0.2, 0.25) is 0 Å². The lowest BCUT2D eigenvalue weighted by molar-refractivity contribution is 0.0995. The van der Waals surface area contributed by atoms with Crippen molar-refractivity contribution in [2.24, 2.45) is 5.73 Å². The lowest BCUT2D eigenvalue weighted by Crippen LogP contribution is -2.12. The molecule has 0 atom stereocenters. The van der Waals surface area contributed by atoms with E-state index in [1.807, 2.05) is 0 Å². The van der Waals surface area contributed by atoms with Crippen molar-refractivity contribution in [1.82, 2.24) is 9.29 Å². The standard InChI is InChI=1S/C6H6N2O.C4H9NS/c7-6(9)5-3-1-2-4-8-5;6-5-3-1-2-4-5/h1-4H,(H2,7,9);6H,1-4H2. The Hall–Kier alpha value is -1.07. The van der Waals surface area contributed by atoms with E-state index in [1.165, 1.54) is 32.1 Å². The molecule has 0 saturated carbocycles. The zero-order valence-electron chi connectivity index (χ0n) is 8.47. The van der Waals surface area contributed by atoms with E-state index < -0.39 is 5.91 Å². The van der Waals surface area contributed by atoms with E-state index in [1.54, 1.807) is 18.2 Å². The van der Waals surface area contributed by atoms with Gasteiger partial charge in [0.2, 0.25) is 0 Å². The first-order chi connectivity index (χ1) is 7.20. The van der Waals surface area contributed by atoms with Gasteiger partial charge in [-0.3, -0.25) is 14.1 Å². The third-order valence-corrected chi connectivity index (χ3v) is 2.40. The minimum Gasteiger partial charge on any atom is -0.364 e. The van der Waals surface area contributed by atoms with E-state index in [0.29, 0.717) is 5.69 Å². The Morgan fingerprint density at radius 3 is 2.33 bits per heavy atom. The molecule has 2 N–H and O–H groups in total. The Balaban J connectivity index is 0.000000162. The monoisotopic (exact) mass is 225 g/mol. The summed E-state index contributed by atoms with van der Waals surface area (Å²) >= 11 is 4.13. The van der Waals surface area contributed by atoms with Crippen LogP contribution >= 0.6 is 12.8 Å². The molecule has 1 aromatic heterocycles. The smallest absolute Gasteiger partial charge is 0.267 e. The molecule has 1 saturated heterocycles. The molecule has 1 aromatic rings. The van der Waals surface area contributed by atoms with E-state index >= 15 is 0 Å². The molecule has 0 aromatic carbocycles. The van der Waals surface area contributed by atoms with Gasteiger partial charge >= 0.3 is 0 Å². The number of nitrogens with zero attached hydrogens (tertiary/aromatic N) is 2. The van der Waals surface area contributed by atoms with E-state index in [4.69, 9.17) is 5.73 Å². The highest BCUT2D eigenvalue weighted by molar-refractivity contribution is 7.77. The fraction of sp³-hybridized carbons (Fsp3) is 0.400. The molecule has 5 heteroatoms. The first kappa shape index (κ1) is 12.0. The topological polar surface area (TPSA) is 59.2 Å². The van der Waals surface area contributed by atoms with Gasteiger partial charge in [-0.15, -0.1) is 0 Å². The summed E-state index contributed by atoms with van der Waals surface area (Å²) in [5, 5.41) is 0. The van der Waals surface area contributed by atoms with Crippen LogP contribution in [0.3, 0.4) is 0 Å². The lowest BCUT2D eigenvalue weighted by atomic mass is 10.3. The quantitative estimate of drug-likeness (QED) is 0.704. The van der Waals surface area contributed by atoms with Crippen molar-refractivity contribution in [3.05, 3.63) is 30.1 Å². The fourth-order valence-electron chi connectivity index (χ4n) is 1.21. The van der Waals surface area contributed by atoms with Crippen molar-refractivity contribution in [1.29, 1.82) is 0 Å². The van der Waals surface area contributed by atoms with Crippen molar-refractivity contribution >= 4 is 18.7 Å². The maximum atomic E-state index is 10.4. The maximum absolute atomic E-state index is 10.4. The number of nitrogens with two attached hydrogens (primary N) is 1. The molecule has 1 aliphatic rings. The molecule has 82 valence electrons. The number of hydrogen-bond acceptors (Lipinski definition) is 4. The first-order valence-electron chi connectivity index (χ1n) is 4.85. The van der Waals surface area contributed by atoms with E-state index in [9.17, 15) is 4.79 Å². The SMILES string of the molecule is NC(=O)c1ccccn1.SN1CCCC1. The molecule has 0 bridgehead atoms. The normalized spacial score (nSPS) is 15.5. The van der Waals surface area contributed by atoms with Crippen LogP contribution in [-0.4, -0.2) is 28.3 Å². The average molecular weight is 225 g/mol. The van der Waals surface area contributed by atoms with Crippen LogP contribution in [-0.2, 0) is 0 Å². The minimum absolute atomic E-state index is 0.303. The summed E-state index contributed by atoms with van der Waals surface area (Å²) in [5.41, 5.74) is 5.22.